The summed E-state index contributed by atoms with van der Waals surface area (Å²) < 4.78 is 44.6. The molecule has 32 heavy (non-hydrogen) atoms. The van der Waals surface area contributed by atoms with Crippen LogP contribution in [0.1, 0.15) is 29.5 Å². The van der Waals surface area contributed by atoms with Gasteiger partial charge in [0.25, 0.3) is 0 Å². The van der Waals surface area contributed by atoms with Crippen molar-refractivity contribution in [3.8, 4) is 0 Å². The van der Waals surface area contributed by atoms with Gasteiger partial charge in [-0.25, -0.2) is 4.79 Å². The van der Waals surface area contributed by atoms with E-state index in [1.807, 2.05) is 0 Å². The minimum atomic E-state index is -5.03. The smallest absolute Gasteiger partial charge is 0.372 e. The van der Waals surface area contributed by atoms with Crippen molar-refractivity contribution < 1.29 is 23.1 Å². The zero-order valence-corrected chi connectivity index (χ0v) is 17.3. The lowest BCUT2D eigenvalue weighted by atomic mass is 9.84. The van der Waals surface area contributed by atoms with E-state index in [9.17, 15) is 23.1 Å². The lowest BCUT2D eigenvalue weighted by Gasteiger charge is -2.31. The Morgan fingerprint density at radius 1 is 1.25 bits per heavy atom. The van der Waals surface area contributed by atoms with Crippen LogP contribution in [0.3, 0.4) is 0 Å². The summed E-state index contributed by atoms with van der Waals surface area (Å²) in [6, 6.07) is 9.50. The highest BCUT2D eigenvalue weighted by Crippen LogP contribution is 2.47. The van der Waals surface area contributed by atoms with Gasteiger partial charge in [0.15, 0.2) is 0 Å². The summed E-state index contributed by atoms with van der Waals surface area (Å²) >= 11 is 0. The summed E-state index contributed by atoms with van der Waals surface area (Å²) in [4.78, 5) is 12.1. The number of alkyl halides is 3. The van der Waals surface area contributed by atoms with Crippen molar-refractivity contribution in [2.45, 2.75) is 24.6 Å². The van der Waals surface area contributed by atoms with Crippen LogP contribution in [0.2, 0.25) is 0 Å². The first-order valence-corrected chi connectivity index (χ1v) is 10.2. The molecule has 1 saturated carbocycles. The van der Waals surface area contributed by atoms with E-state index < -0.39 is 23.4 Å². The zero-order chi connectivity index (χ0) is 23.1. The second-order valence-corrected chi connectivity index (χ2v) is 8.10. The number of fused-ring (bicyclic) bond motifs is 1. The molecule has 9 heteroatoms. The van der Waals surface area contributed by atoms with Crippen LogP contribution >= 0.6 is 0 Å². The molecule has 2 amide bonds. The first-order chi connectivity index (χ1) is 15.1. The second kappa shape index (κ2) is 7.98. The molecule has 168 valence electrons. The molecule has 0 radical (unpaired) electrons. The molecular weight excluding hydrogens is 421 g/mol. The van der Waals surface area contributed by atoms with E-state index in [0.29, 0.717) is 18.0 Å². The van der Waals surface area contributed by atoms with Crippen molar-refractivity contribution in [2.75, 3.05) is 11.9 Å². The Balaban J connectivity index is 1.75. The SMILES string of the molecule is Cn1cc(C(O)(c2ccc(NC(=O)NCC3CC3)c(C=N)c2)C(F)(F)F)c2ccccc21. The van der Waals surface area contributed by atoms with E-state index in [-0.39, 0.29) is 22.2 Å². The van der Waals surface area contributed by atoms with Crippen molar-refractivity contribution in [1.82, 2.24) is 9.88 Å². The van der Waals surface area contributed by atoms with Crippen LogP contribution in [0, 0.1) is 11.3 Å². The summed E-state index contributed by atoms with van der Waals surface area (Å²) in [5.41, 5.74) is -3.28. The molecule has 0 aliphatic heterocycles. The maximum absolute atomic E-state index is 14.3. The van der Waals surface area contributed by atoms with E-state index >= 15 is 0 Å². The number of aliphatic hydroxyl groups is 1. The molecule has 0 saturated heterocycles. The Morgan fingerprint density at radius 2 is 1.97 bits per heavy atom. The maximum atomic E-state index is 14.3. The molecule has 0 bridgehead atoms. The number of urea groups is 1. The lowest BCUT2D eigenvalue weighted by molar-refractivity contribution is -0.247. The molecule has 4 N–H and O–H groups in total. The first kappa shape index (κ1) is 21.9. The van der Waals surface area contributed by atoms with Gasteiger partial charge >= 0.3 is 12.2 Å². The number of aromatic nitrogens is 1. The van der Waals surface area contributed by atoms with E-state index in [2.05, 4.69) is 10.6 Å². The number of nitrogens with zero attached hydrogens (tertiary/aromatic N) is 1. The quantitative estimate of drug-likeness (QED) is 0.422. The third kappa shape index (κ3) is 3.84. The van der Waals surface area contributed by atoms with Gasteiger partial charge < -0.3 is 25.7 Å². The highest BCUT2D eigenvalue weighted by atomic mass is 19.4. The Hall–Kier alpha value is -3.33. The van der Waals surface area contributed by atoms with E-state index in [1.165, 1.54) is 22.9 Å². The van der Waals surface area contributed by atoms with Crippen LogP contribution in [0.4, 0.5) is 23.7 Å². The van der Waals surface area contributed by atoms with Crippen molar-refractivity contribution in [3.05, 3.63) is 65.4 Å². The Bertz CT molecular complexity index is 1180. The van der Waals surface area contributed by atoms with Crippen molar-refractivity contribution in [1.29, 1.82) is 5.41 Å². The topological polar surface area (TPSA) is 90.1 Å². The second-order valence-electron chi connectivity index (χ2n) is 8.10. The van der Waals surface area contributed by atoms with Gasteiger partial charge in [0.1, 0.15) is 0 Å². The molecule has 6 nitrogen and oxygen atoms in total. The molecule has 1 aromatic heterocycles. The van der Waals surface area contributed by atoms with Gasteiger partial charge in [0.2, 0.25) is 5.60 Å². The monoisotopic (exact) mass is 444 g/mol. The molecule has 1 aliphatic rings. The highest BCUT2D eigenvalue weighted by Gasteiger charge is 2.57. The van der Waals surface area contributed by atoms with Crippen molar-refractivity contribution in [3.63, 3.8) is 0 Å². The Morgan fingerprint density at radius 3 is 2.62 bits per heavy atom. The van der Waals surface area contributed by atoms with Gasteiger partial charge in [-0.2, -0.15) is 13.2 Å². The average Bonchev–Trinajstić information content (AvgIpc) is 3.53. The number of aryl methyl sites for hydroxylation is 1. The third-order valence-electron chi connectivity index (χ3n) is 5.82. The van der Waals surface area contributed by atoms with Crippen molar-refractivity contribution >= 4 is 28.8 Å². The first-order valence-electron chi connectivity index (χ1n) is 10.2. The standard InChI is InChI=1S/C23H23F3N4O2/c1-30-13-18(17-4-2-3-5-20(17)30)22(32,23(24,25)26)16-8-9-19(15(10-16)11-27)29-21(31)28-12-14-6-7-14/h2-5,8-11,13-14,27,32H,6-7,12H2,1H3,(H2,28,29,31). The third-order valence-corrected chi connectivity index (χ3v) is 5.82. The molecule has 1 heterocycles. The van der Waals surface area contributed by atoms with Gasteiger partial charge in [-0.1, -0.05) is 24.3 Å². The number of para-hydroxylation sites is 1. The fourth-order valence-corrected chi connectivity index (χ4v) is 3.85. The van der Waals surface area contributed by atoms with Crippen LogP contribution in [0.15, 0.2) is 48.7 Å². The maximum Gasteiger partial charge on any atom is 0.425 e. The van der Waals surface area contributed by atoms with Gasteiger partial charge in [0.05, 0.1) is 5.69 Å². The normalized spacial score (nSPS) is 15.9. The number of carbonyl (C=O) groups excluding carboxylic acids is 1. The number of carbonyl (C=O) groups is 1. The summed E-state index contributed by atoms with van der Waals surface area (Å²) in [7, 11) is 1.61. The Labute approximate surface area is 182 Å². The van der Waals surface area contributed by atoms with E-state index in [1.54, 1.807) is 25.2 Å². The molecule has 4 rings (SSSR count). The van der Waals surface area contributed by atoms with Crippen LogP contribution in [-0.4, -0.2) is 34.6 Å². The lowest BCUT2D eigenvalue weighted by Crippen LogP contribution is -2.43. The molecule has 3 aromatic rings. The Kier molecular flexibility index (Phi) is 5.46. The number of halogens is 3. The van der Waals surface area contributed by atoms with Crippen molar-refractivity contribution in [2.24, 2.45) is 13.0 Å². The number of anilines is 1. The molecule has 1 atom stereocenters. The largest absolute Gasteiger partial charge is 0.425 e. The minimum absolute atomic E-state index is 0.0481. The predicted molar refractivity (Wildman–Crippen MR) is 116 cm³/mol. The van der Waals surface area contributed by atoms with Gasteiger partial charge in [-0.15, -0.1) is 0 Å². The molecular formula is C23H23F3N4O2. The van der Waals surface area contributed by atoms with Gasteiger partial charge in [0, 0.05) is 48.0 Å². The van der Waals surface area contributed by atoms with Crippen LogP contribution in [0.5, 0.6) is 0 Å². The van der Waals surface area contributed by atoms with Gasteiger partial charge in [-0.3, -0.25) is 0 Å². The molecule has 0 spiro atoms. The zero-order valence-electron chi connectivity index (χ0n) is 17.3. The van der Waals surface area contributed by atoms with Crippen LogP contribution < -0.4 is 10.6 Å². The van der Waals surface area contributed by atoms with Crippen LogP contribution in [0.25, 0.3) is 10.9 Å². The number of hydrogen-bond acceptors (Lipinski definition) is 3. The van der Waals surface area contributed by atoms with E-state index in [4.69, 9.17) is 5.41 Å². The molecule has 1 fully saturated rings. The fourth-order valence-electron chi connectivity index (χ4n) is 3.85. The minimum Gasteiger partial charge on any atom is -0.372 e. The fraction of sp³-hybridized carbons (Fsp3) is 0.304. The number of benzene rings is 2. The highest BCUT2D eigenvalue weighted by molar-refractivity contribution is 5.96. The van der Waals surface area contributed by atoms with E-state index in [0.717, 1.165) is 31.2 Å². The van der Waals surface area contributed by atoms with Gasteiger partial charge in [-0.05, 0) is 42.5 Å². The summed E-state index contributed by atoms with van der Waals surface area (Å²) in [5, 5.41) is 24.3. The molecule has 1 aliphatic carbocycles. The summed E-state index contributed by atoms with van der Waals surface area (Å²) in [6.45, 7) is 0.527. The summed E-state index contributed by atoms with van der Waals surface area (Å²) in [5.74, 6) is 0.466. The number of hydrogen-bond donors (Lipinski definition) is 4. The predicted octanol–water partition coefficient (Wildman–Crippen LogP) is 4.51. The molecule has 1 unspecified atom stereocenters. The average molecular weight is 444 g/mol. The number of rotatable bonds is 6. The number of nitrogens with one attached hydrogen (secondary N) is 3. The molecule has 2 aromatic carbocycles. The number of amides is 2. The summed E-state index contributed by atoms with van der Waals surface area (Å²) in [6.07, 6.45) is -0.803. The van der Waals surface area contributed by atoms with Crippen LogP contribution in [-0.2, 0) is 12.6 Å².